The Balaban J connectivity index is 4.48. The van der Waals surface area contributed by atoms with Gasteiger partial charge in [0.15, 0.2) is 0 Å². The van der Waals surface area contributed by atoms with Crippen LogP contribution < -0.4 is 0 Å². The predicted octanol–water partition coefficient (Wildman–Crippen LogP) is 0.411. The molecule has 80 valence electrons. The molecule has 0 spiro atoms. The van der Waals surface area contributed by atoms with Crippen LogP contribution in [0.4, 0.5) is 0 Å². The van der Waals surface area contributed by atoms with Crippen LogP contribution in [0.3, 0.4) is 0 Å². The molecule has 0 N–H and O–H groups in total. The van der Waals surface area contributed by atoms with Crippen molar-refractivity contribution in [2.24, 2.45) is 0 Å². The standard InChI is InChI=1S/C6H16O5SSi/c1-4-9-13(10-5-2,11-6-3)12(7)8/h4-6H2,1-3H3,(H,7,8)/p-1. The average Bonchev–Trinajstić information content (AvgIpc) is 2.05. The molecule has 7 heteroatoms. The molecule has 13 heavy (non-hydrogen) atoms. The maximum Gasteiger partial charge on any atom is 0.591 e. The summed E-state index contributed by atoms with van der Waals surface area (Å²) in [4.78, 5) is 0. The number of rotatable bonds is 7. The van der Waals surface area contributed by atoms with Gasteiger partial charge in [0.1, 0.15) is 0 Å². The summed E-state index contributed by atoms with van der Waals surface area (Å²) in [7, 11) is -5.90. The Morgan fingerprint density at radius 3 is 1.54 bits per heavy atom. The Labute approximate surface area is 81.7 Å². The molecule has 0 aromatic heterocycles. The third kappa shape index (κ3) is 3.84. The van der Waals surface area contributed by atoms with E-state index in [1.807, 2.05) is 0 Å². The molecule has 0 radical (unpaired) electrons. The average molecular weight is 227 g/mol. The van der Waals surface area contributed by atoms with Gasteiger partial charge in [-0.1, -0.05) is 0 Å². The summed E-state index contributed by atoms with van der Waals surface area (Å²) in [6, 6.07) is 0. The maximum absolute atomic E-state index is 10.9. The smallest absolute Gasteiger partial charge is 0.591 e. The highest BCUT2D eigenvalue weighted by molar-refractivity contribution is 8.10. The van der Waals surface area contributed by atoms with Gasteiger partial charge >= 0.3 is 7.95 Å². The monoisotopic (exact) mass is 227 g/mol. The zero-order valence-electron chi connectivity index (χ0n) is 8.07. The highest BCUT2D eigenvalue weighted by Crippen LogP contribution is 2.12. The maximum atomic E-state index is 10.9. The zero-order valence-corrected chi connectivity index (χ0v) is 9.89. The van der Waals surface area contributed by atoms with Crippen LogP contribution >= 0.6 is 0 Å². The van der Waals surface area contributed by atoms with Crippen LogP contribution in [0.15, 0.2) is 0 Å². The van der Waals surface area contributed by atoms with Crippen molar-refractivity contribution in [3.63, 3.8) is 0 Å². The van der Waals surface area contributed by atoms with E-state index in [0.29, 0.717) is 0 Å². The minimum absolute atomic E-state index is 0.264. The lowest BCUT2D eigenvalue weighted by Crippen LogP contribution is -2.50. The van der Waals surface area contributed by atoms with Gasteiger partial charge in [0, 0.05) is 30.4 Å². The topological polar surface area (TPSA) is 67.8 Å². The van der Waals surface area contributed by atoms with E-state index in [-0.39, 0.29) is 19.8 Å². The van der Waals surface area contributed by atoms with Gasteiger partial charge in [0.05, 0.1) is 0 Å². The molecule has 0 saturated carbocycles. The minimum atomic E-state index is -3.46. The molecule has 0 aliphatic heterocycles. The summed E-state index contributed by atoms with van der Waals surface area (Å²) in [6.45, 7) is 5.90. The summed E-state index contributed by atoms with van der Waals surface area (Å²) in [5.41, 5.74) is 0. The molecular formula is C6H15O5SSi-. The van der Waals surface area contributed by atoms with Gasteiger partial charge in [-0.15, -0.1) is 0 Å². The van der Waals surface area contributed by atoms with Crippen molar-refractivity contribution in [1.29, 1.82) is 0 Å². The van der Waals surface area contributed by atoms with Crippen molar-refractivity contribution in [2.75, 3.05) is 19.8 Å². The lowest BCUT2D eigenvalue weighted by atomic mass is 10.9. The van der Waals surface area contributed by atoms with E-state index in [1.54, 1.807) is 20.8 Å². The fraction of sp³-hybridized carbons (Fsp3) is 1.00. The third-order valence-electron chi connectivity index (χ3n) is 1.17. The van der Waals surface area contributed by atoms with Crippen molar-refractivity contribution in [2.45, 2.75) is 20.8 Å². The van der Waals surface area contributed by atoms with Crippen LogP contribution in [0.25, 0.3) is 0 Å². The minimum Gasteiger partial charge on any atom is -0.772 e. The molecule has 0 aromatic rings. The molecular weight excluding hydrogens is 212 g/mol. The van der Waals surface area contributed by atoms with Crippen molar-refractivity contribution in [3.05, 3.63) is 0 Å². The molecule has 1 atom stereocenters. The first kappa shape index (κ1) is 13.2. The molecule has 1 unspecified atom stereocenters. The van der Waals surface area contributed by atoms with Crippen LogP contribution in [0.2, 0.25) is 0 Å². The summed E-state index contributed by atoms with van der Waals surface area (Å²) in [5.74, 6) is 0. The van der Waals surface area contributed by atoms with E-state index < -0.39 is 18.5 Å². The highest BCUT2D eigenvalue weighted by atomic mass is 32.4. The van der Waals surface area contributed by atoms with Gasteiger partial charge in [-0.25, -0.2) is 0 Å². The first-order valence-electron chi connectivity index (χ1n) is 4.14. The Morgan fingerprint density at radius 1 is 1.08 bits per heavy atom. The fourth-order valence-corrected chi connectivity index (χ4v) is 4.33. The van der Waals surface area contributed by atoms with Crippen LogP contribution in [0.1, 0.15) is 20.8 Å². The van der Waals surface area contributed by atoms with E-state index >= 15 is 0 Å². The first-order chi connectivity index (χ1) is 6.13. The number of hydrogen-bond donors (Lipinski definition) is 0. The molecule has 0 rings (SSSR count). The second-order valence-corrected chi connectivity index (χ2v) is 6.87. The van der Waals surface area contributed by atoms with E-state index in [2.05, 4.69) is 0 Å². The molecule has 0 aromatic carbocycles. The van der Waals surface area contributed by atoms with E-state index in [0.717, 1.165) is 0 Å². The van der Waals surface area contributed by atoms with E-state index in [9.17, 15) is 8.76 Å². The third-order valence-corrected chi connectivity index (χ3v) is 5.79. The molecule has 0 aliphatic carbocycles. The molecule has 5 nitrogen and oxygen atoms in total. The van der Waals surface area contributed by atoms with E-state index in [1.165, 1.54) is 0 Å². The first-order valence-corrected chi connectivity index (χ1v) is 7.66. The van der Waals surface area contributed by atoms with Crippen LogP contribution in [-0.2, 0) is 23.8 Å². The summed E-state index contributed by atoms with van der Waals surface area (Å²) < 4.78 is 36.9. The largest absolute Gasteiger partial charge is 0.772 e. The van der Waals surface area contributed by atoms with Gasteiger partial charge in [-0.2, -0.15) is 0 Å². The number of hydrogen-bond acceptors (Lipinski definition) is 5. The molecule has 0 amide bonds. The van der Waals surface area contributed by atoms with Gasteiger partial charge in [0.2, 0.25) is 0 Å². The Hall–Kier alpha value is 0.207. The van der Waals surface area contributed by atoms with Gasteiger partial charge < -0.3 is 17.8 Å². The Kier molecular flexibility index (Phi) is 6.74. The molecule has 0 saturated heterocycles. The van der Waals surface area contributed by atoms with E-state index in [4.69, 9.17) is 13.3 Å². The van der Waals surface area contributed by atoms with Crippen LogP contribution in [-0.4, -0.2) is 36.5 Å². The second-order valence-electron chi connectivity index (χ2n) is 2.03. The van der Waals surface area contributed by atoms with Gasteiger partial charge in [0.25, 0.3) is 0 Å². The fourth-order valence-electron chi connectivity index (χ4n) is 0.800. The molecule has 0 bridgehead atoms. The highest BCUT2D eigenvalue weighted by Gasteiger charge is 2.43. The summed E-state index contributed by atoms with van der Waals surface area (Å²) in [5, 5.41) is 0. The predicted molar refractivity (Wildman–Crippen MR) is 49.6 cm³/mol. The van der Waals surface area contributed by atoms with Crippen molar-refractivity contribution in [1.82, 2.24) is 0 Å². The normalized spacial score (nSPS) is 14.5. The van der Waals surface area contributed by atoms with Gasteiger partial charge in [-0.05, 0) is 20.8 Å². The van der Waals surface area contributed by atoms with Gasteiger partial charge in [-0.3, -0.25) is 4.21 Å². The SMILES string of the molecule is CCO[Si](OCC)(OCC)S(=O)[O-]. The lowest BCUT2D eigenvalue weighted by Gasteiger charge is -2.29. The van der Waals surface area contributed by atoms with Crippen LogP contribution in [0.5, 0.6) is 0 Å². The quantitative estimate of drug-likeness (QED) is 0.465. The Morgan fingerprint density at radius 2 is 1.38 bits per heavy atom. The van der Waals surface area contributed by atoms with Crippen LogP contribution in [0, 0.1) is 0 Å². The summed E-state index contributed by atoms with van der Waals surface area (Å²) >= 11 is 0. The molecule has 0 heterocycles. The molecule has 0 aliphatic rings. The lowest BCUT2D eigenvalue weighted by molar-refractivity contribution is 0.0924. The zero-order chi connectivity index (χ0) is 10.3. The Bertz CT molecular complexity index is 148. The molecule has 0 fully saturated rings. The summed E-state index contributed by atoms with van der Waals surface area (Å²) in [6.07, 6.45) is 0. The second kappa shape index (κ2) is 6.63. The van der Waals surface area contributed by atoms with Crippen molar-refractivity contribution >= 4 is 18.5 Å². The van der Waals surface area contributed by atoms with Crippen molar-refractivity contribution in [3.8, 4) is 0 Å². The van der Waals surface area contributed by atoms with Crippen molar-refractivity contribution < 1.29 is 22.0 Å².